The van der Waals surface area contributed by atoms with Crippen molar-refractivity contribution < 1.29 is 14.3 Å². The lowest BCUT2D eigenvalue weighted by atomic mass is 10.2. The maximum Gasteiger partial charge on any atom is 0.272 e. The average molecular weight is 298 g/mol. The Morgan fingerprint density at radius 2 is 2.05 bits per heavy atom. The molecule has 0 saturated carbocycles. The Kier molecular flexibility index (Phi) is 5.20. The Bertz CT molecular complexity index is 669. The maximum atomic E-state index is 11.7. The van der Waals surface area contributed by atoms with Crippen LogP contribution in [0.4, 0.5) is 0 Å². The van der Waals surface area contributed by atoms with Crippen LogP contribution in [0.5, 0.6) is 5.75 Å². The number of nitrogens with two attached hydrogens (primary N) is 1. The molecule has 0 aliphatic carbocycles. The molecule has 112 valence electrons. The third-order valence-corrected chi connectivity index (χ3v) is 2.56. The molecule has 1 heterocycles. The molecule has 2 aromatic rings. The molecule has 0 saturated heterocycles. The molecule has 0 atom stereocenters. The van der Waals surface area contributed by atoms with Crippen LogP contribution in [-0.4, -0.2) is 29.6 Å². The average Bonchev–Trinajstić information content (AvgIpc) is 2.55. The second kappa shape index (κ2) is 7.53. The number of pyridine rings is 1. The molecule has 0 radical (unpaired) electrons. The summed E-state index contributed by atoms with van der Waals surface area (Å²) in [6, 6.07) is 10.1. The van der Waals surface area contributed by atoms with Crippen LogP contribution in [0, 0.1) is 0 Å². The van der Waals surface area contributed by atoms with E-state index in [1.807, 2.05) is 0 Å². The highest BCUT2D eigenvalue weighted by atomic mass is 16.5. The number of primary amides is 1. The fourth-order valence-corrected chi connectivity index (χ4v) is 1.53. The minimum atomic E-state index is -0.538. The summed E-state index contributed by atoms with van der Waals surface area (Å²) >= 11 is 0. The van der Waals surface area contributed by atoms with Crippen LogP contribution >= 0.6 is 0 Å². The zero-order valence-corrected chi connectivity index (χ0v) is 11.6. The van der Waals surface area contributed by atoms with E-state index in [2.05, 4.69) is 15.5 Å². The molecular weight excluding hydrogens is 284 g/mol. The number of carbonyl (C=O) groups excluding carboxylic acids is 2. The number of rotatable bonds is 6. The lowest BCUT2D eigenvalue weighted by Crippen LogP contribution is -2.20. The molecule has 1 aromatic carbocycles. The van der Waals surface area contributed by atoms with Crippen molar-refractivity contribution in [3.05, 3.63) is 59.9 Å². The topological polar surface area (TPSA) is 107 Å². The number of hydrogen-bond donors (Lipinski definition) is 2. The van der Waals surface area contributed by atoms with Gasteiger partial charge in [0.25, 0.3) is 11.8 Å². The lowest BCUT2D eigenvalue weighted by molar-refractivity contribution is -0.119. The Labute approximate surface area is 126 Å². The molecule has 0 aliphatic rings. The van der Waals surface area contributed by atoms with Gasteiger partial charge in [-0.15, -0.1) is 0 Å². The van der Waals surface area contributed by atoms with E-state index < -0.39 is 5.91 Å². The van der Waals surface area contributed by atoms with Gasteiger partial charge in [-0.1, -0.05) is 0 Å². The van der Waals surface area contributed by atoms with Crippen molar-refractivity contribution in [1.29, 1.82) is 0 Å². The van der Waals surface area contributed by atoms with Crippen LogP contribution in [0.25, 0.3) is 0 Å². The Morgan fingerprint density at radius 1 is 1.27 bits per heavy atom. The largest absolute Gasteiger partial charge is 0.484 e. The molecule has 0 aliphatic heterocycles. The molecule has 7 heteroatoms. The van der Waals surface area contributed by atoms with Crippen molar-refractivity contribution in [2.45, 2.75) is 0 Å². The van der Waals surface area contributed by atoms with E-state index in [-0.39, 0.29) is 12.5 Å². The van der Waals surface area contributed by atoms with Gasteiger partial charge in [-0.25, -0.2) is 5.43 Å². The van der Waals surface area contributed by atoms with E-state index in [0.29, 0.717) is 11.3 Å². The number of nitrogens with one attached hydrogen (secondary N) is 1. The highest BCUT2D eigenvalue weighted by molar-refractivity contribution is 5.94. The Hall–Kier alpha value is -3.22. The van der Waals surface area contributed by atoms with Crippen LogP contribution < -0.4 is 15.9 Å². The maximum absolute atomic E-state index is 11.7. The van der Waals surface area contributed by atoms with Gasteiger partial charge in [0.2, 0.25) is 0 Å². The van der Waals surface area contributed by atoms with Gasteiger partial charge in [0.15, 0.2) is 6.61 Å². The predicted molar refractivity (Wildman–Crippen MR) is 80.4 cm³/mol. The van der Waals surface area contributed by atoms with Crippen LogP contribution in [0.3, 0.4) is 0 Å². The zero-order valence-electron chi connectivity index (χ0n) is 11.6. The number of nitrogens with zero attached hydrogens (tertiary/aromatic N) is 2. The van der Waals surface area contributed by atoms with E-state index in [0.717, 1.165) is 5.56 Å². The molecule has 2 rings (SSSR count). The van der Waals surface area contributed by atoms with Crippen LogP contribution in [0.1, 0.15) is 15.9 Å². The molecule has 0 unspecified atom stereocenters. The number of ether oxygens (including phenoxy) is 1. The van der Waals surface area contributed by atoms with Crippen LogP contribution in [-0.2, 0) is 4.79 Å². The predicted octanol–water partition coefficient (Wildman–Crippen LogP) is 0.710. The monoisotopic (exact) mass is 298 g/mol. The number of hydrazone groups is 1. The fraction of sp³-hybridized carbons (Fsp3) is 0.0667. The number of aromatic nitrogens is 1. The normalized spacial score (nSPS) is 10.4. The summed E-state index contributed by atoms with van der Waals surface area (Å²) < 4.78 is 5.13. The molecule has 7 nitrogen and oxygen atoms in total. The summed E-state index contributed by atoms with van der Waals surface area (Å²) in [5.41, 5.74) is 8.57. The minimum Gasteiger partial charge on any atom is -0.484 e. The second-order valence-corrected chi connectivity index (χ2v) is 4.26. The molecule has 1 aromatic heterocycles. The van der Waals surface area contributed by atoms with E-state index >= 15 is 0 Å². The molecule has 0 fully saturated rings. The van der Waals surface area contributed by atoms with Gasteiger partial charge in [-0.3, -0.25) is 14.6 Å². The summed E-state index contributed by atoms with van der Waals surface area (Å²) in [6.45, 7) is -0.172. The van der Waals surface area contributed by atoms with Gasteiger partial charge in [0, 0.05) is 12.4 Å². The number of hydrogen-bond acceptors (Lipinski definition) is 5. The molecule has 0 spiro atoms. The number of benzene rings is 1. The molecule has 0 bridgehead atoms. The van der Waals surface area contributed by atoms with Crippen molar-refractivity contribution in [2.24, 2.45) is 10.8 Å². The third kappa shape index (κ3) is 4.71. The van der Waals surface area contributed by atoms with Crippen molar-refractivity contribution in [3.63, 3.8) is 0 Å². The quantitative estimate of drug-likeness (QED) is 0.605. The van der Waals surface area contributed by atoms with E-state index in [4.69, 9.17) is 10.5 Å². The summed E-state index contributed by atoms with van der Waals surface area (Å²) in [5, 5.41) is 3.85. The first-order valence-electron chi connectivity index (χ1n) is 6.40. The Morgan fingerprint density at radius 3 is 2.68 bits per heavy atom. The SMILES string of the molecule is NC(=O)COc1ccc(/C=N\NC(=O)c2cccnc2)cc1. The smallest absolute Gasteiger partial charge is 0.272 e. The zero-order chi connectivity index (χ0) is 15.8. The van der Waals surface area contributed by atoms with Gasteiger partial charge in [-0.05, 0) is 42.0 Å². The van der Waals surface area contributed by atoms with Gasteiger partial charge in [-0.2, -0.15) is 5.10 Å². The highest BCUT2D eigenvalue weighted by Gasteiger charge is 2.02. The molecular formula is C15H14N4O3. The van der Waals surface area contributed by atoms with E-state index in [1.54, 1.807) is 42.6 Å². The van der Waals surface area contributed by atoms with Crippen molar-refractivity contribution in [1.82, 2.24) is 10.4 Å². The first-order chi connectivity index (χ1) is 10.6. The van der Waals surface area contributed by atoms with Gasteiger partial charge >= 0.3 is 0 Å². The van der Waals surface area contributed by atoms with Crippen molar-refractivity contribution >= 4 is 18.0 Å². The number of carbonyl (C=O) groups is 2. The van der Waals surface area contributed by atoms with Gasteiger partial charge < -0.3 is 10.5 Å². The Balaban J connectivity index is 1.88. The fourth-order valence-electron chi connectivity index (χ4n) is 1.53. The molecule has 3 N–H and O–H groups in total. The third-order valence-electron chi connectivity index (χ3n) is 2.56. The van der Waals surface area contributed by atoms with Gasteiger partial charge in [0.1, 0.15) is 5.75 Å². The first kappa shape index (κ1) is 15.2. The van der Waals surface area contributed by atoms with Crippen molar-refractivity contribution in [3.8, 4) is 5.75 Å². The minimum absolute atomic E-state index is 0.172. The van der Waals surface area contributed by atoms with Crippen LogP contribution in [0.15, 0.2) is 53.9 Å². The second-order valence-electron chi connectivity index (χ2n) is 4.26. The van der Waals surface area contributed by atoms with E-state index in [1.165, 1.54) is 12.4 Å². The summed E-state index contributed by atoms with van der Waals surface area (Å²) in [6.07, 6.45) is 4.53. The number of amides is 2. The summed E-state index contributed by atoms with van der Waals surface area (Å²) in [5.74, 6) is -0.357. The molecule has 22 heavy (non-hydrogen) atoms. The van der Waals surface area contributed by atoms with Crippen LogP contribution in [0.2, 0.25) is 0 Å². The lowest BCUT2D eigenvalue weighted by Gasteiger charge is -2.03. The highest BCUT2D eigenvalue weighted by Crippen LogP contribution is 2.10. The van der Waals surface area contributed by atoms with E-state index in [9.17, 15) is 9.59 Å². The van der Waals surface area contributed by atoms with Crippen molar-refractivity contribution in [2.75, 3.05) is 6.61 Å². The summed E-state index contributed by atoms with van der Waals surface area (Å²) in [4.78, 5) is 26.2. The molecule has 2 amide bonds. The summed E-state index contributed by atoms with van der Waals surface area (Å²) in [7, 11) is 0. The first-order valence-corrected chi connectivity index (χ1v) is 6.40. The van der Waals surface area contributed by atoms with Gasteiger partial charge in [0.05, 0.1) is 11.8 Å². The standard InChI is InChI=1S/C15H14N4O3/c16-14(20)10-22-13-5-3-11(4-6-13)8-18-19-15(21)12-2-1-7-17-9-12/h1-9H,10H2,(H2,16,20)(H,19,21)/b18-8-.